The van der Waals surface area contributed by atoms with Crippen LogP contribution in [0.15, 0.2) is 28.7 Å². The Morgan fingerprint density at radius 1 is 1.50 bits per heavy atom. The maximum absolute atomic E-state index is 10.8. The molecule has 6 nitrogen and oxygen atoms in total. The summed E-state index contributed by atoms with van der Waals surface area (Å²) in [7, 11) is 0. The van der Waals surface area contributed by atoms with Gasteiger partial charge in [-0.05, 0) is 30.7 Å². The van der Waals surface area contributed by atoms with Gasteiger partial charge >= 0.3 is 0 Å². The average Bonchev–Trinajstić information content (AvgIpc) is 2.87. The fourth-order valence-electron chi connectivity index (χ4n) is 1.71. The molecule has 2 aromatic rings. The van der Waals surface area contributed by atoms with Gasteiger partial charge in [-0.15, -0.1) is 0 Å². The highest BCUT2D eigenvalue weighted by atomic mass is 35.5. The largest absolute Gasteiger partial charge is 0.449 e. The first-order valence-electron chi connectivity index (χ1n) is 5.68. The number of hydrogen-bond donors (Lipinski definition) is 1. The molecule has 2 rings (SSSR count). The minimum Gasteiger partial charge on any atom is -0.449 e. The number of nitrogens with zero attached hydrogens (tertiary/aromatic N) is 2. The van der Waals surface area contributed by atoms with Gasteiger partial charge < -0.3 is 9.73 Å². The number of anilines is 1. The Hall–Kier alpha value is -2.52. The summed E-state index contributed by atoms with van der Waals surface area (Å²) in [5.41, 5.74) is 1.25. The third kappa shape index (κ3) is 2.90. The Bertz CT molecular complexity index is 703. The summed E-state index contributed by atoms with van der Waals surface area (Å²) in [6.45, 7) is 2.10. The highest BCUT2D eigenvalue weighted by Gasteiger charge is 2.15. The highest BCUT2D eigenvalue weighted by Crippen LogP contribution is 2.30. The van der Waals surface area contributed by atoms with E-state index in [2.05, 4.69) is 5.32 Å². The molecule has 0 fully saturated rings. The van der Waals surface area contributed by atoms with Crippen molar-refractivity contribution in [3.05, 3.63) is 56.5 Å². The molecule has 0 atom stereocenters. The molecule has 0 amide bonds. The lowest BCUT2D eigenvalue weighted by atomic mass is 10.1. The number of halogens is 1. The van der Waals surface area contributed by atoms with E-state index in [-0.39, 0.29) is 16.5 Å². The van der Waals surface area contributed by atoms with Gasteiger partial charge in [0.15, 0.2) is 0 Å². The van der Waals surface area contributed by atoms with E-state index in [9.17, 15) is 10.1 Å². The van der Waals surface area contributed by atoms with Crippen molar-refractivity contribution in [3.63, 3.8) is 0 Å². The number of nitro benzene ring substituents is 1. The predicted molar refractivity (Wildman–Crippen MR) is 73.6 cm³/mol. The smallest absolute Gasteiger partial charge is 0.288 e. The Kier molecular flexibility index (Phi) is 3.91. The maximum Gasteiger partial charge on any atom is 0.288 e. The van der Waals surface area contributed by atoms with Gasteiger partial charge in [-0.2, -0.15) is 5.26 Å². The molecule has 0 unspecified atom stereocenters. The van der Waals surface area contributed by atoms with Crippen molar-refractivity contribution in [2.75, 3.05) is 5.32 Å². The van der Waals surface area contributed by atoms with Gasteiger partial charge in [0.25, 0.3) is 5.69 Å². The first kappa shape index (κ1) is 13.9. The lowest BCUT2D eigenvalue weighted by Gasteiger charge is -2.09. The summed E-state index contributed by atoms with van der Waals surface area (Å²) >= 11 is 5.86. The number of aryl methyl sites for hydroxylation is 1. The zero-order valence-electron chi connectivity index (χ0n) is 10.5. The molecular weight excluding hydrogens is 282 g/mol. The highest BCUT2D eigenvalue weighted by molar-refractivity contribution is 6.33. The van der Waals surface area contributed by atoms with Crippen LogP contribution in [0.1, 0.15) is 17.1 Å². The van der Waals surface area contributed by atoms with Gasteiger partial charge in [-0.25, -0.2) is 0 Å². The summed E-state index contributed by atoms with van der Waals surface area (Å²) in [6, 6.07) is 8.07. The Morgan fingerprint density at radius 3 is 2.85 bits per heavy atom. The van der Waals surface area contributed by atoms with Crippen molar-refractivity contribution < 1.29 is 9.34 Å². The number of benzene rings is 1. The number of nitriles is 1. The van der Waals surface area contributed by atoms with E-state index in [4.69, 9.17) is 21.3 Å². The van der Waals surface area contributed by atoms with Crippen molar-refractivity contribution in [1.82, 2.24) is 0 Å². The second-order valence-corrected chi connectivity index (χ2v) is 4.51. The van der Waals surface area contributed by atoms with Crippen LogP contribution in [-0.2, 0) is 6.54 Å². The normalized spacial score (nSPS) is 10.1. The monoisotopic (exact) mass is 291 g/mol. The summed E-state index contributed by atoms with van der Waals surface area (Å²) in [6.07, 6.45) is 0. The van der Waals surface area contributed by atoms with Crippen LogP contribution < -0.4 is 5.32 Å². The van der Waals surface area contributed by atoms with E-state index in [1.165, 1.54) is 12.1 Å². The number of rotatable bonds is 4. The van der Waals surface area contributed by atoms with Crippen molar-refractivity contribution in [2.24, 2.45) is 0 Å². The van der Waals surface area contributed by atoms with Crippen LogP contribution in [0.4, 0.5) is 11.4 Å². The number of hydrogen-bond acceptors (Lipinski definition) is 5. The summed E-state index contributed by atoms with van der Waals surface area (Å²) < 4.78 is 5.22. The first-order valence-corrected chi connectivity index (χ1v) is 6.06. The van der Waals surface area contributed by atoms with Gasteiger partial charge in [0.05, 0.1) is 11.5 Å². The van der Waals surface area contributed by atoms with Crippen LogP contribution in [0.3, 0.4) is 0 Å². The molecule has 0 aliphatic rings. The van der Waals surface area contributed by atoms with E-state index >= 15 is 0 Å². The quantitative estimate of drug-likeness (QED) is 0.686. The van der Waals surface area contributed by atoms with Crippen molar-refractivity contribution in [1.29, 1.82) is 5.26 Å². The second kappa shape index (κ2) is 5.63. The van der Waals surface area contributed by atoms with Crippen LogP contribution in [-0.4, -0.2) is 4.92 Å². The molecule has 102 valence electrons. The number of furan rings is 1. The number of nitrogens with one attached hydrogen (secondary N) is 1. The zero-order chi connectivity index (χ0) is 14.7. The molecule has 0 saturated heterocycles. The van der Waals surface area contributed by atoms with Crippen LogP contribution in [0.25, 0.3) is 0 Å². The summed E-state index contributed by atoms with van der Waals surface area (Å²) in [5, 5.41) is 22.5. The third-order valence-electron chi connectivity index (χ3n) is 2.72. The fourth-order valence-corrected chi connectivity index (χ4v) is 1.94. The molecule has 0 aliphatic carbocycles. The summed E-state index contributed by atoms with van der Waals surface area (Å²) in [4.78, 5) is 10.2. The Balaban J connectivity index is 2.16. The molecule has 7 heteroatoms. The van der Waals surface area contributed by atoms with Crippen LogP contribution in [0.5, 0.6) is 0 Å². The molecular formula is C13H10ClN3O3. The lowest BCUT2D eigenvalue weighted by Crippen LogP contribution is -2.01. The molecule has 0 bridgehead atoms. The van der Waals surface area contributed by atoms with E-state index in [1.807, 2.05) is 6.07 Å². The van der Waals surface area contributed by atoms with Crippen LogP contribution in [0, 0.1) is 28.4 Å². The second-order valence-electron chi connectivity index (χ2n) is 4.11. The van der Waals surface area contributed by atoms with Crippen molar-refractivity contribution in [3.8, 4) is 6.07 Å². The van der Waals surface area contributed by atoms with Crippen molar-refractivity contribution in [2.45, 2.75) is 13.5 Å². The number of nitro groups is 1. The van der Waals surface area contributed by atoms with Gasteiger partial charge in [-0.3, -0.25) is 10.1 Å². The Labute approximate surface area is 119 Å². The average molecular weight is 292 g/mol. The molecule has 1 N–H and O–H groups in total. The van der Waals surface area contributed by atoms with Gasteiger partial charge in [0, 0.05) is 11.8 Å². The summed E-state index contributed by atoms with van der Waals surface area (Å²) in [5.74, 6) is 0.829. The molecule has 20 heavy (non-hydrogen) atoms. The van der Waals surface area contributed by atoms with Crippen LogP contribution >= 0.6 is 11.6 Å². The molecule has 0 spiro atoms. The predicted octanol–water partition coefficient (Wildman–Crippen LogP) is 3.63. The third-order valence-corrected chi connectivity index (χ3v) is 3.02. The molecule has 0 radical (unpaired) electrons. The topological polar surface area (TPSA) is 92.1 Å². The standard InChI is InChI=1S/C13H10ClN3O3/c1-8-4-13(17(18)19)11(14)5-12(8)16-7-10-3-2-9(6-15)20-10/h2-5,16H,7H2,1H3. The van der Waals surface area contributed by atoms with E-state index in [0.717, 1.165) is 0 Å². The van der Waals surface area contributed by atoms with E-state index < -0.39 is 4.92 Å². The maximum atomic E-state index is 10.8. The van der Waals surface area contributed by atoms with Gasteiger partial charge in [-0.1, -0.05) is 11.6 Å². The molecule has 1 heterocycles. The van der Waals surface area contributed by atoms with Crippen molar-refractivity contribution >= 4 is 23.0 Å². The first-order chi connectivity index (χ1) is 9.51. The van der Waals surface area contributed by atoms with E-state index in [1.54, 1.807) is 19.1 Å². The fraction of sp³-hybridized carbons (Fsp3) is 0.154. The van der Waals surface area contributed by atoms with E-state index in [0.29, 0.717) is 23.6 Å². The molecule has 0 aliphatic heterocycles. The molecule has 0 saturated carbocycles. The Morgan fingerprint density at radius 2 is 2.25 bits per heavy atom. The molecule has 1 aromatic carbocycles. The molecule has 1 aromatic heterocycles. The SMILES string of the molecule is Cc1cc([N+](=O)[O-])c(Cl)cc1NCc1ccc(C#N)o1. The minimum absolute atomic E-state index is 0.0697. The van der Waals surface area contributed by atoms with Gasteiger partial charge in [0.1, 0.15) is 16.9 Å². The zero-order valence-corrected chi connectivity index (χ0v) is 11.3. The lowest BCUT2D eigenvalue weighted by molar-refractivity contribution is -0.384. The minimum atomic E-state index is -0.523. The van der Waals surface area contributed by atoms with Gasteiger partial charge in [0.2, 0.25) is 5.76 Å². The van der Waals surface area contributed by atoms with Crippen LogP contribution in [0.2, 0.25) is 5.02 Å².